The summed E-state index contributed by atoms with van der Waals surface area (Å²) in [5.74, 6) is -0.548. The normalized spacial score (nSPS) is 10.4. The van der Waals surface area contributed by atoms with Crippen molar-refractivity contribution in [3.63, 3.8) is 0 Å². The minimum Gasteiger partial charge on any atom is -0.459 e. The van der Waals surface area contributed by atoms with Crippen molar-refractivity contribution in [2.45, 2.75) is 13.8 Å². The van der Waals surface area contributed by atoms with E-state index in [4.69, 9.17) is 4.42 Å². The predicted octanol–water partition coefficient (Wildman–Crippen LogP) is 2.03. The van der Waals surface area contributed by atoms with Crippen molar-refractivity contribution >= 4 is 23.4 Å². The molecule has 0 atom stereocenters. The van der Waals surface area contributed by atoms with E-state index in [1.165, 1.54) is 6.26 Å². The Morgan fingerprint density at radius 3 is 2.16 bits per heavy atom. The summed E-state index contributed by atoms with van der Waals surface area (Å²) < 4.78 is 4.97. The molecule has 0 aliphatic rings. The molecule has 25 heavy (non-hydrogen) atoms. The van der Waals surface area contributed by atoms with Crippen LogP contribution in [0.4, 0.5) is 5.69 Å². The molecule has 0 saturated carbocycles. The van der Waals surface area contributed by atoms with Gasteiger partial charge in [0.1, 0.15) is 0 Å². The number of anilines is 1. The number of rotatable bonds is 7. The number of hydrogen-bond donors (Lipinski definition) is 3. The minimum atomic E-state index is -0.329. The molecular formula is C18H21N3O4. The number of carbonyl (C=O) groups excluding carboxylic acids is 3. The van der Waals surface area contributed by atoms with E-state index in [2.05, 4.69) is 16.0 Å². The van der Waals surface area contributed by atoms with E-state index in [-0.39, 0.29) is 42.5 Å². The molecule has 3 amide bonds. The van der Waals surface area contributed by atoms with Crippen LogP contribution in [-0.2, 0) is 4.79 Å². The standard InChI is InChI=1S/C18H21N3O4/c1-12(2)16(22)21-14-7-5-13(6-8-14)17(23)19-9-10-20-18(24)15-4-3-11-25-15/h3-8,11-12H,9-10H2,1-2H3,(H,19,23)(H,20,24)(H,21,22). The fraction of sp³-hybridized carbons (Fsp3) is 0.278. The Morgan fingerprint density at radius 2 is 1.60 bits per heavy atom. The molecule has 7 nitrogen and oxygen atoms in total. The van der Waals surface area contributed by atoms with Crippen molar-refractivity contribution in [3.05, 3.63) is 54.0 Å². The number of amides is 3. The van der Waals surface area contributed by atoms with Crippen LogP contribution < -0.4 is 16.0 Å². The van der Waals surface area contributed by atoms with Gasteiger partial charge < -0.3 is 20.4 Å². The van der Waals surface area contributed by atoms with Gasteiger partial charge in [0, 0.05) is 30.3 Å². The summed E-state index contributed by atoms with van der Waals surface area (Å²) in [5, 5.41) is 8.10. The fourth-order valence-electron chi connectivity index (χ4n) is 1.94. The number of hydrogen-bond acceptors (Lipinski definition) is 4. The van der Waals surface area contributed by atoms with E-state index >= 15 is 0 Å². The van der Waals surface area contributed by atoms with Crippen LogP contribution >= 0.6 is 0 Å². The maximum Gasteiger partial charge on any atom is 0.287 e. The van der Waals surface area contributed by atoms with E-state index < -0.39 is 0 Å². The number of furan rings is 1. The zero-order valence-electron chi connectivity index (χ0n) is 14.2. The smallest absolute Gasteiger partial charge is 0.287 e. The lowest BCUT2D eigenvalue weighted by atomic mass is 10.1. The van der Waals surface area contributed by atoms with Crippen LogP contribution in [0.1, 0.15) is 34.8 Å². The molecule has 3 N–H and O–H groups in total. The summed E-state index contributed by atoms with van der Waals surface area (Å²) in [6.45, 7) is 4.19. The van der Waals surface area contributed by atoms with Crippen LogP contribution in [0, 0.1) is 5.92 Å². The van der Waals surface area contributed by atoms with E-state index in [0.29, 0.717) is 11.3 Å². The summed E-state index contributed by atoms with van der Waals surface area (Å²) >= 11 is 0. The van der Waals surface area contributed by atoms with Gasteiger partial charge in [-0.25, -0.2) is 0 Å². The third kappa shape index (κ3) is 5.49. The van der Waals surface area contributed by atoms with Crippen LogP contribution in [0.25, 0.3) is 0 Å². The zero-order chi connectivity index (χ0) is 18.2. The maximum absolute atomic E-state index is 12.0. The summed E-state index contributed by atoms with van der Waals surface area (Å²) in [4.78, 5) is 35.3. The van der Waals surface area contributed by atoms with Crippen molar-refractivity contribution in [1.82, 2.24) is 10.6 Å². The highest BCUT2D eigenvalue weighted by Gasteiger charge is 2.10. The van der Waals surface area contributed by atoms with E-state index in [1.807, 2.05) is 13.8 Å². The molecule has 1 heterocycles. The van der Waals surface area contributed by atoms with Crippen LogP contribution in [-0.4, -0.2) is 30.8 Å². The molecular weight excluding hydrogens is 322 g/mol. The Balaban J connectivity index is 1.75. The first-order valence-electron chi connectivity index (χ1n) is 7.98. The molecule has 0 unspecified atom stereocenters. The molecule has 0 bridgehead atoms. The lowest BCUT2D eigenvalue weighted by Gasteiger charge is -2.09. The summed E-state index contributed by atoms with van der Waals surface area (Å²) in [5.41, 5.74) is 1.11. The van der Waals surface area contributed by atoms with E-state index in [0.717, 1.165) is 0 Å². The second kappa shape index (κ2) is 8.68. The van der Waals surface area contributed by atoms with Gasteiger partial charge in [-0.1, -0.05) is 13.8 Å². The van der Waals surface area contributed by atoms with Crippen molar-refractivity contribution in [3.8, 4) is 0 Å². The van der Waals surface area contributed by atoms with Gasteiger partial charge >= 0.3 is 0 Å². The van der Waals surface area contributed by atoms with E-state index in [1.54, 1.807) is 36.4 Å². The van der Waals surface area contributed by atoms with Crippen molar-refractivity contribution < 1.29 is 18.8 Å². The van der Waals surface area contributed by atoms with Gasteiger partial charge in [-0.15, -0.1) is 0 Å². The average molecular weight is 343 g/mol. The second-order valence-corrected chi connectivity index (χ2v) is 5.71. The monoisotopic (exact) mass is 343 g/mol. The fourth-order valence-corrected chi connectivity index (χ4v) is 1.94. The first-order chi connectivity index (χ1) is 12.0. The SMILES string of the molecule is CC(C)C(=O)Nc1ccc(C(=O)NCCNC(=O)c2ccco2)cc1. The molecule has 0 aliphatic carbocycles. The maximum atomic E-state index is 12.0. The molecule has 1 aromatic heterocycles. The largest absolute Gasteiger partial charge is 0.459 e. The number of nitrogens with one attached hydrogen (secondary N) is 3. The number of carbonyl (C=O) groups is 3. The van der Waals surface area contributed by atoms with Crippen LogP contribution in [0.5, 0.6) is 0 Å². The van der Waals surface area contributed by atoms with Crippen molar-refractivity contribution in [2.75, 3.05) is 18.4 Å². The van der Waals surface area contributed by atoms with Gasteiger partial charge in [-0.3, -0.25) is 14.4 Å². The Labute approximate surface area is 145 Å². The average Bonchev–Trinajstić information content (AvgIpc) is 3.13. The summed E-state index contributed by atoms with van der Waals surface area (Å²) in [6.07, 6.45) is 1.42. The molecule has 0 saturated heterocycles. The van der Waals surface area contributed by atoms with E-state index in [9.17, 15) is 14.4 Å². The topological polar surface area (TPSA) is 100 Å². The molecule has 2 rings (SSSR count). The second-order valence-electron chi connectivity index (χ2n) is 5.71. The molecule has 1 aromatic carbocycles. The quantitative estimate of drug-likeness (QED) is 0.670. The Kier molecular flexibility index (Phi) is 6.33. The Morgan fingerprint density at radius 1 is 0.960 bits per heavy atom. The lowest BCUT2D eigenvalue weighted by molar-refractivity contribution is -0.118. The zero-order valence-corrected chi connectivity index (χ0v) is 14.2. The van der Waals surface area contributed by atoms with Crippen LogP contribution in [0.3, 0.4) is 0 Å². The molecule has 2 aromatic rings. The lowest BCUT2D eigenvalue weighted by Crippen LogP contribution is -2.34. The van der Waals surface area contributed by atoms with Gasteiger partial charge in [0.25, 0.3) is 11.8 Å². The van der Waals surface area contributed by atoms with Crippen molar-refractivity contribution in [1.29, 1.82) is 0 Å². The van der Waals surface area contributed by atoms with Gasteiger partial charge in [-0.05, 0) is 36.4 Å². The highest BCUT2D eigenvalue weighted by atomic mass is 16.3. The minimum absolute atomic E-state index is 0.0792. The van der Waals surface area contributed by atoms with Crippen LogP contribution in [0.15, 0.2) is 47.1 Å². The van der Waals surface area contributed by atoms with Gasteiger partial charge in [-0.2, -0.15) is 0 Å². The summed E-state index contributed by atoms with van der Waals surface area (Å²) in [7, 11) is 0. The first-order valence-corrected chi connectivity index (χ1v) is 7.98. The third-order valence-corrected chi connectivity index (χ3v) is 3.38. The molecule has 0 spiro atoms. The third-order valence-electron chi connectivity index (χ3n) is 3.38. The molecule has 0 fully saturated rings. The van der Waals surface area contributed by atoms with Crippen LogP contribution in [0.2, 0.25) is 0 Å². The highest BCUT2D eigenvalue weighted by molar-refractivity contribution is 5.96. The first kappa shape index (κ1) is 18.3. The Hall–Kier alpha value is -3.09. The predicted molar refractivity (Wildman–Crippen MR) is 93.3 cm³/mol. The molecule has 0 radical (unpaired) electrons. The molecule has 132 valence electrons. The summed E-state index contributed by atoms with van der Waals surface area (Å²) in [6, 6.07) is 9.80. The highest BCUT2D eigenvalue weighted by Crippen LogP contribution is 2.11. The van der Waals surface area contributed by atoms with Gasteiger partial charge in [0.2, 0.25) is 5.91 Å². The van der Waals surface area contributed by atoms with Gasteiger partial charge in [0.05, 0.1) is 6.26 Å². The molecule has 0 aliphatic heterocycles. The van der Waals surface area contributed by atoms with Crippen molar-refractivity contribution in [2.24, 2.45) is 5.92 Å². The number of benzene rings is 1. The van der Waals surface area contributed by atoms with Gasteiger partial charge in [0.15, 0.2) is 5.76 Å². The molecule has 7 heteroatoms. The Bertz CT molecular complexity index is 721.